The molecule has 2 N–H and O–H groups in total. The number of nitrogens with one attached hydrogen (secondary N) is 2. The van der Waals surface area contributed by atoms with E-state index in [4.69, 9.17) is 0 Å². The van der Waals surface area contributed by atoms with Crippen LogP contribution in [0.5, 0.6) is 0 Å². The van der Waals surface area contributed by atoms with Gasteiger partial charge in [-0.15, -0.1) is 0 Å². The zero-order valence-corrected chi connectivity index (χ0v) is 11.3. The van der Waals surface area contributed by atoms with E-state index >= 15 is 0 Å². The molecule has 4 heteroatoms. The van der Waals surface area contributed by atoms with E-state index in [-0.39, 0.29) is 23.3 Å². The van der Waals surface area contributed by atoms with E-state index in [0.29, 0.717) is 13.0 Å². The van der Waals surface area contributed by atoms with Gasteiger partial charge in [0.05, 0.1) is 6.04 Å². The molecule has 0 spiro atoms. The molecule has 0 radical (unpaired) electrons. The Morgan fingerprint density at radius 3 is 2.16 bits per heavy atom. The van der Waals surface area contributed by atoms with Crippen LogP contribution in [0.1, 0.15) is 44.9 Å². The average Bonchev–Trinajstić information content (AvgIpc) is 2.73. The second-order valence-electron chi connectivity index (χ2n) is 7.38. The molecular formula is C15H22N2O2. The molecule has 4 aliphatic carbocycles. The van der Waals surface area contributed by atoms with Gasteiger partial charge in [0.15, 0.2) is 0 Å². The normalized spacial score (nSPS) is 47.3. The molecule has 1 saturated heterocycles. The fraction of sp³-hybridized carbons (Fsp3) is 0.867. The molecule has 1 atom stereocenters. The van der Waals surface area contributed by atoms with Gasteiger partial charge in [0.2, 0.25) is 11.8 Å². The minimum absolute atomic E-state index is 0.0213. The Bertz CT molecular complexity index is 397. The van der Waals surface area contributed by atoms with E-state index in [1.807, 2.05) is 0 Å². The standard InChI is InChI=1S/C15H22N2O2/c18-13-4-12(8-16-13)17-14(19)15-5-9-1-10(6-15)3-11(2-9)7-15/h9-12H,1-8H2,(H,16,18)(H,17,19). The Morgan fingerprint density at radius 1 is 1.11 bits per heavy atom. The molecule has 4 bridgehead atoms. The number of hydrogen-bond donors (Lipinski definition) is 2. The Morgan fingerprint density at radius 2 is 1.68 bits per heavy atom. The predicted octanol–water partition coefficient (Wildman–Crippen LogP) is 1.21. The molecule has 0 aromatic heterocycles. The van der Waals surface area contributed by atoms with E-state index in [1.54, 1.807) is 0 Å². The topological polar surface area (TPSA) is 58.2 Å². The molecule has 1 heterocycles. The average molecular weight is 262 g/mol. The summed E-state index contributed by atoms with van der Waals surface area (Å²) in [7, 11) is 0. The first-order valence-corrected chi connectivity index (χ1v) is 7.71. The molecule has 0 aromatic carbocycles. The van der Waals surface area contributed by atoms with E-state index in [2.05, 4.69) is 10.6 Å². The smallest absolute Gasteiger partial charge is 0.226 e. The molecule has 1 aliphatic heterocycles. The van der Waals surface area contributed by atoms with Crippen molar-refractivity contribution in [3.05, 3.63) is 0 Å². The Hall–Kier alpha value is -1.06. The summed E-state index contributed by atoms with van der Waals surface area (Å²) in [4.78, 5) is 23.9. The summed E-state index contributed by atoms with van der Waals surface area (Å²) in [5, 5.41) is 5.94. The van der Waals surface area contributed by atoms with Crippen LogP contribution in [-0.4, -0.2) is 24.4 Å². The first-order valence-electron chi connectivity index (χ1n) is 7.71. The van der Waals surface area contributed by atoms with Crippen molar-refractivity contribution in [2.45, 2.75) is 51.0 Å². The highest BCUT2D eigenvalue weighted by molar-refractivity contribution is 5.85. The Balaban J connectivity index is 1.49. The predicted molar refractivity (Wildman–Crippen MR) is 70.2 cm³/mol. The first-order chi connectivity index (χ1) is 9.13. The molecule has 4 saturated carbocycles. The summed E-state index contributed by atoms with van der Waals surface area (Å²) in [5.41, 5.74) is -0.0829. The number of hydrogen-bond acceptors (Lipinski definition) is 2. The van der Waals surface area contributed by atoms with Crippen LogP contribution in [0.2, 0.25) is 0 Å². The van der Waals surface area contributed by atoms with Gasteiger partial charge < -0.3 is 10.6 Å². The zero-order chi connectivity index (χ0) is 13.0. The van der Waals surface area contributed by atoms with Crippen LogP contribution in [0.3, 0.4) is 0 Å². The Labute approximate surface area is 113 Å². The fourth-order valence-corrected chi connectivity index (χ4v) is 5.43. The SMILES string of the molecule is O=C1CC(NC(=O)C23CC4CC(CC(C4)C2)C3)CN1. The first kappa shape index (κ1) is 11.7. The van der Waals surface area contributed by atoms with E-state index in [1.165, 1.54) is 19.3 Å². The van der Waals surface area contributed by atoms with Crippen molar-refractivity contribution in [2.24, 2.45) is 23.2 Å². The lowest BCUT2D eigenvalue weighted by Gasteiger charge is -2.55. The number of carbonyl (C=O) groups excluding carboxylic acids is 2. The quantitative estimate of drug-likeness (QED) is 0.786. The van der Waals surface area contributed by atoms with Crippen LogP contribution in [-0.2, 0) is 9.59 Å². The maximum Gasteiger partial charge on any atom is 0.226 e. The minimum Gasteiger partial charge on any atom is -0.354 e. The molecule has 1 unspecified atom stereocenters. The van der Waals surface area contributed by atoms with Gasteiger partial charge in [-0.05, 0) is 56.3 Å². The number of rotatable bonds is 2. The lowest BCUT2D eigenvalue weighted by atomic mass is 9.49. The second-order valence-corrected chi connectivity index (χ2v) is 7.38. The summed E-state index contributed by atoms with van der Waals surface area (Å²) >= 11 is 0. The van der Waals surface area contributed by atoms with Gasteiger partial charge in [0, 0.05) is 18.4 Å². The number of carbonyl (C=O) groups is 2. The zero-order valence-electron chi connectivity index (χ0n) is 11.3. The van der Waals surface area contributed by atoms with Crippen LogP contribution in [0.4, 0.5) is 0 Å². The van der Waals surface area contributed by atoms with Crippen molar-refractivity contribution in [2.75, 3.05) is 6.54 Å². The molecule has 5 fully saturated rings. The maximum absolute atomic E-state index is 12.7. The van der Waals surface area contributed by atoms with Crippen LogP contribution in [0.25, 0.3) is 0 Å². The van der Waals surface area contributed by atoms with Gasteiger partial charge in [-0.3, -0.25) is 9.59 Å². The monoisotopic (exact) mass is 262 g/mol. The second kappa shape index (κ2) is 3.97. The van der Waals surface area contributed by atoms with Crippen LogP contribution < -0.4 is 10.6 Å². The van der Waals surface area contributed by atoms with Gasteiger partial charge in [-0.2, -0.15) is 0 Å². The number of amides is 2. The summed E-state index contributed by atoms with van der Waals surface area (Å²) in [6, 6.07) is 0.0213. The minimum atomic E-state index is -0.0829. The van der Waals surface area contributed by atoms with Crippen LogP contribution in [0.15, 0.2) is 0 Å². The largest absolute Gasteiger partial charge is 0.354 e. The van der Waals surface area contributed by atoms with Gasteiger partial charge in [0.25, 0.3) is 0 Å². The van der Waals surface area contributed by atoms with Crippen molar-refractivity contribution in [3.63, 3.8) is 0 Å². The van der Waals surface area contributed by atoms with Crippen molar-refractivity contribution < 1.29 is 9.59 Å². The molecule has 104 valence electrons. The lowest BCUT2D eigenvalue weighted by molar-refractivity contribution is -0.146. The van der Waals surface area contributed by atoms with E-state index < -0.39 is 0 Å². The lowest BCUT2D eigenvalue weighted by Crippen LogP contribution is -2.55. The third-order valence-corrected chi connectivity index (χ3v) is 5.83. The summed E-state index contributed by atoms with van der Waals surface area (Å²) < 4.78 is 0. The summed E-state index contributed by atoms with van der Waals surface area (Å²) in [5.74, 6) is 2.69. The van der Waals surface area contributed by atoms with Crippen molar-refractivity contribution in [3.8, 4) is 0 Å². The Kier molecular flexibility index (Phi) is 2.45. The fourth-order valence-electron chi connectivity index (χ4n) is 5.43. The van der Waals surface area contributed by atoms with Crippen molar-refractivity contribution in [1.29, 1.82) is 0 Å². The summed E-state index contributed by atoms with van der Waals surface area (Å²) in [6.45, 7) is 0.608. The van der Waals surface area contributed by atoms with Crippen molar-refractivity contribution >= 4 is 11.8 Å². The molecule has 4 nitrogen and oxygen atoms in total. The van der Waals surface area contributed by atoms with Gasteiger partial charge in [0.1, 0.15) is 0 Å². The molecule has 5 aliphatic rings. The van der Waals surface area contributed by atoms with E-state index in [9.17, 15) is 9.59 Å². The molecule has 5 rings (SSSR count). The molecule has 19 heavy (non-hydrogen) atoms. The third-order valence-electron chi connectivity index (χ3n) is 5.83. The van der Waals surface area contributed by atoms with E-state index in [0.717, 1.165) is 37.0 Å². The molecule has 2 amide bonds. The third kappa shape index (κ3) is 1.87. The highest BCUT2D eigenvalue weighted by atomic mass is 16.2. The highest BCUT2D eigenvalue weighted by Crippen LogP contribution is 2.60. The molecule has 0 aromatic rings. The molecular weight excluding hydrogens is 240 g/mol. The van der Waals surface area contributed by atoms with Gasteiger partial charge >= 0.3 is 0 Å². The van der Waals surface area contributed by atoms with Crippen LogP contribution >= 0.6 is 0 Å². The maximum atomic E-state index is 12.7. The van der Waals surface area contributed by atoms with Gasteiger partial charge in [-0.25, -0.2) is 0 Å². The van der Waals surface area contributed by atoms with Crippen molar-refractivity contribution in [1.82, 2.24) is 10.6 Å². The highest BCUT2D eigenvalue weighted by Gasteiger charge is 2.54. The van der Waals surface area contributed by atoms with Gasteiger partial charge in [-0.1, -0.05) is 0 Å². The van der Waals surface area contributed by atoms with Crippen LogP contribution in [0, 0.1) is 23.2 Å². The summed E-state index contributed by atoms with van der Waals surface area (Å²) in [6.07, 6.45) is 7.82.